The fourth-order valence-corrected chi connectivity index (χ4v) is 8.63. The molecule has 1 amide bonds. The molecule has 4 N–H and O–H groups in total. The van der Waals surface area contributed by atoms with Crippen molar-refractivity contribution in [2.45, 2.75) is 76.7 Å². The lowest BCUT2D eigenvalue weighted by molar-refractivity contribution is -0.139. The highest BCUT2D eigenvalue weighted by molar-refractivity contribution is 7.22. The van der Waals surface area contributed by atoms with Gasteiger partial charge in [0.15, 0.2) is 10.9 Å². The molecule has 3 aliphatic heterocycles. The number of nitrogen functional groups attached to an aromatic ring is 1. The first kappa shape index (κ1) is 35.6. The van der Waals surface area contributed by atoms with Gasteiger partial charge < -0.3 is 20.3 Å². The zero-order valence-corrected chi connectivity index (χ0v) is 29.1. The van der Waals surface area contributed by atoms with E-state index >= 15 is 4.39 Å². The predicted molar refractivity (Wildman–Crippen MR) is 183 cm³/mol. The summed E-state index contributed by atoms with van der Waals surface area (Å²) in [5.41, 5.74) is 2.60. The Morgan fingerprint density at radius 3 is 2.50 bits per heavy atom. The quantitative estimate of drug-likeness (QED) is 0.200. The van der Waals surface area contributed by atoms with Crippen LogP contribution in [0.1, 0.15) is 58.4 Å². The van der Waals surface area contributed by atoms with Crippen LogP contribution < -0.4 is 20.8 Å². The Morgan fingerprint density at radius 1 is 1.14 bits per heavy atom. The van der Waals surface area contributed by atoms with Gasteiger partial charge in [-0.2, -0.15) is 23.1 Å². The first-order valence-corrected chi connectivity index (χ1v) is 17.6. The number of amides is 1. The molecule has 3 aliphatic rings. The number of rotatable bonds is 7. The monoisotopic (exact) mass is 719 g/mol. The number of nitrogens with zero attached hydrogens (tertiary/aromatic N) is 6. The summed E-state index contributed by atoms with van der Waals surface area (Å²) in [6.45, 7) is 8.29. The minimum absolute atomic E-state index is 0.0168. The number of carbonyl (C=O) groups is 1. The van der Waals surface area contributed by atoms with Gasteiger partial charge in [-0.1, -0.05) is 25.2 Å². The topological polar surface area (TPSA) is 126 Å². The first-order chi connectivity index (χ1) is 23.8. The number of fused-ring (bicyclic) bond motifs is 3. The lowest BCUT2D eigenvalue weighted by atomic mass is 9.95. The van der Waals surface area contributed by atoms with Crippen LogP contribution in [0.25, 0.3) is 32.2 Å². The number of hydrogen-bond acceptors (Lipinski definition) is 9. The number of carbonyl (C=O) groups excluding carboxylic acids is 1. The second kappa shape index (κ2) is 13.5. The lowest BCUT2D eigenvalue weighted by Gasteiger charge is -2.33. The summed E-state index contributed by atoms with van der Waals surface area (Å²) in [6, 6.07) is 1.88. The van der Waals surface area contributed by atoms with Crippen molar-refractivity contribution < 1.29 is 36.9 Å². The van der Waals surface area contributed by atoms with Gasteiger partial charge >= 0.3 is 18.1 Å². The maximum absolute atomic E-state index is 16.9. The van der Waals surface area contributed by atoms with Gasteiger partial charge in [0.05, 0.1) is 27.4 Å². The smallest absolute Gasteiger partial charge is 0.417 e. The molecule has 0 radical (unpaired) electrons. The number of benzene rings is 2. The van der Waals surface area contributed by atoms with Crippen molar-refractivity contribution in [2.24, 2.45) is 0 Å². The average Bonchev–Trinajstić information content (AvgIpc) is 3.87. The van der Waals surface area contributed by atoms with Crippen molar-refractivity contribution >= 4 is 55.5 Å². The summed E-state index contributed by atoms with van der Waals surface area (Å²) in [4.78, 5) is 31.1. The summed E-state index contributed by atoms with van der Waals surface area (Å²) < 4.78 is 82.3. The lowest BCUT2D eigenvalue weighted by Crippen LogP contribution is -2.48. The van der Waals surface area contributed by atoms with Gasteiger partial charge in [-0.05, 0) is 70.3 Å². The SMILES string of the molecule is CC.C[C@@H]1[C@H](N(C)c2nc(OCC34CCCN3CCC4)nc3c(F)c(-c4ccc(F)c5sc(N)nc45)c(C(F)(F)F)cc23)CCN1C(=O)C=[NH2+]. The maximum atomic E-state index is 16.9. The molecule has 3 fully saturated rings. The Hall–Kier alpha value is -4.18. The average molecular weight is 720 g/mol. The molecule has 3 saturated heterocycles. The Bertz CT molecular complexity index is 1940. The molecule has 7 rings (SSSR count). The zero-order chi connectivity index (χ0) is 36.1. The number of nitrogens with two attached hydrogens (primary N) is 2. The van der Waals surface area contributed by atoms with Gasteiger partial charge in [-0.25, -0.2) is 13.8 Å². The van der Waals surface area contributed by atoms with E-state index in [9.17, 15) is 22.4 Å². The van der Waals surface area contributed by atoms with E-state index in [0.29, 0.717) is 13.0 Å². The molecule has 2 aromatic carbocycles. The van der Waals surface area contributed by atoms with E-state index in [4.69, 9.17) is 15.9 Å². The van der Waals surface area contributed by atoms with Crippen molar-refractivity contribution in [3.8, 4) is 17.1 Å². The van der Waals surface area contributed by atoms with E-state index in [1.54, 1.807) is 16.8 Å². The molecule has 5 heterocycles. The molecule has 0 aliphatic carbocycles. The molecular formula is C34H40F5N8O2S+. The normalized spacial score (nSPS) is 20.2. The van der Waals surface area contributed by atoms with Crippen LogP contribution in [0, 0.1) is 11.6 Å². The van der Waals surface area contributed by atoms with Gasteiger partial charge in [0, 0.05) is 36.1 Å². The molecule has 0 spiro atoms. The summed E-state index contributed by atoms with van der Waals surface area (Å²) in [6.07, 6.45) is 0.245. The zero-order valence-electron chi connectivity index (χ0n) is 28.3. The van der Waals surface area contributed by atoms with Gasteiger partial charge in [-0.3, -0.25) is 15.1 Å². The predicted octanol–water partition coefficient (Wildman–Crippen LogP) is 5.07. The molecule has 0 unspecified atom stereocenters. The van der Waals surface area contributed by atoms with Crippen molar-refractivity contribution in [2.75, 3.05) is 43.9 Å². The number of anilines is 2. The Balaban J connectivity index is 0.00000212. The van der Waals surface area contributed by atoms with Crippen molar-refractivity contribution in [1.29, 1.82) is 0 Å². The third-order valence-electron chi connectivity index (χ3n) is 10.2. The molecule has 0 saturated carbocycles. The van der Waals surface area contributed by atoms with E-state index in [-0.39, 0.29) is 56.2 Å². The van der Waals surface area contributed by atoms with Crippen LogP contribution in [-0.4, -0.2) is 87.8 Å². The highest BCUT2D eigenvalue weighted by Gasteiger charge is 2.45. The molecule has 16 heteroatoms. The number of thiazole rings is 1. The molecule has 10 nitrogen and oxygen atoms in total. The van der Waals surface area contributed by atoms with E-state index in [1.165, 1.54) is 0 Å². The number of ether oxygens (including phenoxy) is 1. The summed E-state index contributed by atoms with van der Waals surface area (Å²) in [7, 11) is 1.64. The largest absolute Gasteiger partial charge is 0.461 e. The van der Waals surface area contributed by atoms with Gasteiger partial charge in [0.1, 0.15) is 23.8 Å². The Kier molecular flexibility index (Phi) is 9.63. The van der Waals surface area contributed by atoms with Gasteiger partial charge in [-0.15, -0.1) is 0 Å². The van der Waals surface area contributed by atoms with Crippen LogP contribution in [-0.2, 0) is 11.0 Å². The van der Waals surface area contributed by atoms with E-state index in [0.717, 1.165) is 74.5 Å². The second-order valence-corrected chi connectivity index (χ2v) is 13.8. The molecular weight excluding hydrogens is 679 g/mol. The molecule has 50 heavy (non-hydrogen) atoms. The summed E-state index contributed by atoms with van der Waals surface area (Å²) >= 11 is 0.756. The molecule has 2 atom stereocenters. The highest BCUT2D eigenvalue weighted by Crippen LogP contribution is 2.46. The Morgan fingerprint density at radius 2 is 1.84 bits per heavy atom. The van der Waals surface area contributed by atoms with Crippen molar-refractivity contribution in [1.82, 2.24) is 24.8 Å². The standard InChI is InChI=1S/C32H33F5N8O2S.C2H6/c1-16-21(7-12-45(16)22(46)14-38)43(2)28-18-13-19(32(35,36)37)23(17-5-6-20(33)27-26(17)40-29(39)48-27)24(34)25(18)41-30(42-28)47-15-31-8-3-10-44(31)11-4-9-31;1-2/h5-6,13-14,16,21,38H,3-4,7-12,15H2,1-2H3,(H2,39,40);1-2H3/p+1/t16-,21-;/m1./s1. The van der Waals surface area contributed by atoms with E-state index in [2.05, 4.69) is 19.9 Å². The van der Waals surface area contributed by atoms with Crippen molar-refractivity contribution in [3.63, 3.8) is 0 Å². The fourth-order valence-electron chi connectivity index (χ4n) is 7.87. The molecule has 0 bridgehead atoms. The number of likely N-dealkylation sites (tertiary alicyclic amines) is 1. The van der Waals surface area contributed by atoms with E-state index in [1.807, 2.05) is 20.8 Å². The van der Waals surface area contributed by atoms with Crippen LogP contribution in [0.15, 0.2) is 18.2 Å². The third-order valence-corrected chi connectivity index (χ3v) is 11.1. The van der Waals surface area contributed by atoms with Crippen LogP contribution in [0.2, 0.25) is 0 Å². The third kappa shape index (κ3) is 5.99. The molecule has 268 valence electrons. The second-order valence-electron chi connectivity index (χ2n) is 12.8. The maximum Gasteiger partial charge on any atom is 0.417 e. The van der Waals surface area contributed by atoms with Gasteiger partial charge in [0.25, 0.3) is 0 Å². The summed E-state index contributed by atoms with van der Waals surface area (Å²) in [5.74, 6) is -2.38. The number of halogens is 5. The highest BCUT2D eigenvalue weighted by atomic mass is 32.1. The first-order valence-electron chi connectivity index (χ1n) is 16.8. The minimum Gasteiger partial charge on any atom is -0.461 e. The van der Waals surface area contributed by atoms with Crippen LogP contribution >= 0.6 is 11.3 Å². The Labute approximate surface area is 289 Å². The number of hydrogen-bond donors (Lipinski definition) is 2. The molecule has 2 aromatic heterocycles. The van der Waals surface area contributed by atoms with E-state index < -0.39 is 46.5 Å². The number of aromatic nitrogens is 3. The minimum atomic E-state index is -5.04. The van der Waals surface area contributed by atoms with Crippen molar-refractivity contribution in [3.05, 3.63) is 35.4 Å². The van der Waals surface area contributed by atoms with Gasteiger partial charge in [0.2, 0.25) is 6.21 Å². The molecule has 4 aromatic rings. The van der Waals surface area contributed by atoms with Crippen LogP contribution in [0.5, 0.6) is 6.01 Å². The van der Waals surface area contributed by atoms with Crippen LogP contribution in [0.3, 0.4) is 0 Å². The van der Waals surface area contributed by atoms with Crippen LogP contribution in [0.4, 0.5) is 32.9 Å². The number of alkyl halides is 3. The number of likely N-dealkylation sites (N-methyl/N-ethyl adjacent to an activating group) is 1. The fraction of sp³-hybridized carbons (Fsp3) is 0.500. The summed E-state index contributed by atoms with van der Waals surface area (Å²) in [5, 5.41) is 5.22.